The molecule has 138 valence electrons. The number of benzene rings is 1. The molecule has 0 heterocycles. The Morgan fingerprint density at radius 1 is 1.24 bits per heavy atom. The first-order chi connectivity index (χ1) is 12.0. The number of alkyl halides is 1. The van der Waals surface area contributed by atoms with Gasteiger partial charge in [0.2, 0.25) is 5.91 Å². The lowest BCUT2D eigenvalue weighted by Crippen LogP contribution is -2.57. The van der Waals surface area contributed by atoms with Crippen LogP contribution in [0.15, 0.2) is 30.3 Å². The Labute approximate surface area is 154 Å². The van der Waals surface area contributed by atoms with Crippen LogP contribution in [-0.2, 0) is 16.1 Å². The fourth-order valence-corrected chi connectivity index (χ4v) is 3.59. The molecule has 0 aromatic heterocycles. The maximum atomic E-state index is 12.2. The number of carbonyl (C=O) groups is 2. The van der Waals surface area contributed by atoms with Crippen molar-refractivity contribution in [2.75, 3.05) is 5.88 Å². The van der Waals surface area contributed by atoms with E-state index in [2.05, 4.69) is 5.32 Å². The van der Waals surface area contributed by atoms with Crippen molar-refractivity contribution in [3.8, 4) is 0 Å². The Kier molecular flexibility index (Phi) is 7.56. The molecular weight excluding hydrogens is 340 g/mol. The molecule has 2 rings (SSSR count). The molecule has 1 fully saturated rings. The highest BCUT2D eigenvalue weighted by Crippen LogP contribution is 2.25. The van der Waals surface area contributed by atoms with Gasteiger partial charge in [-0.1, -0.05) is 43.2 Å². The first-order valence-corrected chi connectivity index (χ1v) is 9.40. The number of rotatable bonds is 6. The molecule has 5 nitrogen and oxygen atoms in total. The molecule has 0 bridgehead atoms. The molecule has 0 unspecified atom stereocenters. The summed E-state index contributed by atoms with van der Waals surface area (Å²) in [6.07, 6.45) is 3.33. The van der Waals surface area contributed by atoms with Gasteiger partial charge in [0.15, 0.2) is 0 Å². The van der Waals surface area contributed by atoms with Crippen molar-refractivity contribution in [1.29, 1.82) is 0 Å². The first kappa shape index (κ1) is 19.6. The van der Waals surface area contributed by atoms with E-state index < -0.39 is 6.09 Å². The van der Waals surface area contributed by atoms with Crippen molar-refractivity contribution in [2.24, 2.45) is 0 Å². The standard InChI is InChI=1S/C19H27ClN2O3/c1-14(2)22(18(23)12-20)17-11-7-6-10-16(17)21-19(24)25-13-15-8-4-3-5-9-15/h3-5,8-9,14,16-17H,6-7,10-13H2,1-2H3,(H,21,24)/t16-,17-/m1/s1. The summed E-state index contributed by atoms with van der Waals surface area (Å²) < 4.78 is 5.33. The van der Waals surface area contributed by atoms with Gasteiger partial charge >= 0.3 is 6.09 Å². The number of alkyl carbamates (subject to hydrolysis) is 1. The van der Waals surface area contributed by atoms with Crippen LogP contribution in [0.5, 0.6) is 0 Å². The molecule has 1 aromatic rings. The average Bonchev–Trinajstić information content (AvgIpc) is 2.62. The highest BCUT2D eigenvalue weighted by molar-refractivity contribution is 6.27. The third-order valence-corrected chi connectivity index (χ3v) is 4.79. The Balaban J connectivity index is 1.97. The Bertz CT molecular complexity index is 565. The Morgan fingerprint density at radius 2 is 1.92 bits per heavy atom. The van der Waals surface area contributed by atoms with Gasteiger partial charge in [0.1, 0.15) is 12.5 Å². The highest BCUT2D eigenvalue weighted by Gasteiger charge is 2.35. The molecule has 1 aliphatic carbocycles. The van der Waals surface area contributed by atoms with Crippen molar-refractivity contribution in [3.05, 3.63) is 35.9 Å². The molecule has 6 heteroatoms. The third-order valence-electron chi connectivity index (χ3n) is 4.56. The number of halogens is 1. The van der Waals surface area contributed by atoms with E-state index in [0.29, 0.717) is 0 Å². The van der Waals surface area contributed by atoms with Crippen LogP contribution in [0.4, 0.5) is 4.79 Å². The minimum Gasteiger partial charge on any atom is -0.445 e. The maximum Gasteiger partial charge on any atom is 0.407 e. The van der Waals surface area contributed by atoms with Crippen LogP contribution in [0.2, 0.25) is 0 Å². The number of amides is 2. The van der Waals surface area contributed by atoms with Crippen molar-refractivity contribution in [3.63, 3.8) is 0 Å². The second-order valence-electron chi connectivity index (χ2n) is 6.69. The van der Waals surface area contributed by atoms with Crippen molar-refractivity contribution >= 4 is 23.6 Å². The number of carbonyl (C=O) groups excluding carboxylic acids is 2. The summed E-state index contributed by atoms with van der Waals surface area (Å²) in [6.45, 7) is 4.19. The molecule has 0 radical (unpaired) electrons. The van der Waals surface area contributed by atoms with Gasteiger partial charge in [0.05, 0.1) is 12.1 Å². The van der Waals surface area contributed by atoms with Crippen LogP contribution in [0.3, 0.4) is 0 Å². The number of hydrogen-bond donors (Lipinski definition) is 1. The van der Waals surface area contributed by atoms with E-state index in [1.54, 1.807) is 0 Å². The molecule has 2 amide bonds. The van der Waals surface area contributed by atoms with Gasteiger partial charge in [-0.3, -0.25) is 4.79 Å². The SMILES string of the molecule is CC(C)N(C(=O)CCl)[C@@H]1CCCC[C@H]1NC(=O)OCc1ccccc1. The lowest BCUT2D eigenvalue weighted by atomic mass is 9.88. The summed E-state index contributed by atoms with van der Waals surface area (Å²) in [5.74, 6) is -0.132. The summed E-state index contributed by atoms with van der Waals surface area (Å²) >= 11 is 5.78. The van der Waals surface area contributed by atoms with E-state index in [1.807, 2.05) is 49.1 Å². The molecule has 25 heavy (non-hydrogen) atoms. The van der Waals surface area contributed by atoms with Gasteiger partial charge in [-0.2, -0.15) is 0 Å². The zero-order valence-corrected chi connectivity index (χ0v) is 15.7. The second kappa shape index (κ2) is 9.66. The minimum absolute atomic E-state index is 0.0377. The van der Waals surface area contributed by atoms with E-state index >= 15 is 0 Å². The summed E-state index contributed by atoms with van der Waals surface area (Å²) in [7, 11) is 0. The van der Waals surface area contributed by atoms with E-state index in [0.717, 1.165) is 31.2 Å². The van der Waals surface area contributed by atoms with Crippen molar-refractivity contribution in [2.45, 2.75) is 64.3 Å². The fraction of sp³-hybridized carbons (Fsp3) is 0.579. The van der Waals surface area contributed by atoms with Crippen LogP contribution >= 0.6 is 11.6 Å². The van der Waals surface area contributed by atoms with E-state index in [-0.39, 0.29) is 36.5 Å². The molecule has 1 aliphatic rings. The minimum atomic E-state index is -0.442. The molecule has 2 atom stereocenters. The first-order valence-electron chi connectivity index (χ1n) is 8.87. The summed E-state index contributed by atoms with van der Waals surface area (Å²) in [4.78, 5) is 26.3. The van der Waals surface area contributed by atoms with Crippen LogP contribution in [0.25, 0.3) is 0 Å². The topological polar surface area (TPSA) is 58.6 Å². The van der Waals surface area contributed by atoms with Crippen LogP contribution in [0.1, 0.15) is 45.1 Å². The zero-order chi connectivity index (χ0) is 18.2. The van der Waals surface area contributed by atoms with Crippen LogP contribution < -0.4 is 5.32 Å². The normalized spacial score (nSPS) is 20.2. The maximum absolute atomic E-state index is 12.2. The molecule has 0 aliphatic heterocycles. The summed E-state index contributed by atoms with van der Waals surface area (Å²) in [5, 5.41) is 2.96. The summed E-state index contributed by atoms with van der Waals surface area (Å²) in [6, 6.07) is 9.46. The van der Waals surface area contributed by atoms with Crippen molar-refractivity contribution in [1.82, 2.24) is 10.2 Å². The predicted molar refractivity (Wildman–Crippen MR) is 98.5 cm³/mol. The molecule has 0 saturated heterocycles. The molecule has 1 saturated carbocycles. The number of hydrogen-bond acceptors (Lipinski definition) is 3. The second-order valence-corrected chi connectivity index (χ2v) is 6.96. The van der Waals surface area contributed by atoms with Gasteiger partial charge in [-0.25, -0.2) is 4.79 Å². The largest absolute Gasteiger partial charge is 0.445 e. The van der Waals surface area contributed by atoms with E-state index in [4.69, 9.17) is 16.3 Å². The number of ether oxygens (including phenoxy) is 1. The van der Waals surface area contributed by atoms with E-state index in [1.165, 1.54) is 0 Å². The molecule has 0 spiro atoms. The van der Waals surface area contributed by atoms with Crippen LogP contribution in [0, 0.1) is 0 Å². The lowest BCUT2D eigenvalue weighted by Gasteiger charge is -2.42. The predicted octanol–water partition coefficient (Wildman–Crippen LogP) is 3.70. The highest BCUT2D eigenvalue weighted by atomic mass is 35.5. The molecule has 1 N–H and O–H groups in total. The van der Waals surface area contributed by atoms with Gasteiger partial charge in [-0.15, -0.1) is 11.6 Å². The molecular formula is C19H27ClN2O3. The Hall–Kier alpha value is -1.75. The average molecular weight is 367 g/mol. The fourth-order valence-electron chi connectivity index (χ4n) is 3.45. The van der Waals surface area contributed by atoms with Gasteiger partial charge in [-0.05, 0) is 32.3 Å². The number of nitrogens with zero attached hydrogens (tertiary/aromatic N) is 1. The number of nitrogens with one attached hydrogen (secondary N) is 1. The van der Waals surface area contributed by atoms with E-state index in [9.17, 15) is 9.59 Å². The lowest BCUT2D eigenvalue weighted by molar-refractivity contribution is -0.134. The van der Waals surface area contributed by atoms with Crippen LogP contribution in [-0.4, -0.2) is 40.9 Å². The quantitative estimate of drug-likeness (QED) is 0.781. The van der Waals surface area contributed by atoms with Gasteiger partial charge in [0.25, 0.3) is 0 Å². The van der Waals surface area contributed by atoms with Gasteiger partial charge < -0.3 is 15.0 Å². The van der Waals surface area contributed by atoms with Gasteiger partial charge in [0, 0.05) is 6.04 Å². The zero-order valence-electron chi connectivity index (χ0n) is 14.9. The molecule has 1 aromatic carbocycles. The summed E-state index contributed by atoms with van der Waals surface area (Å²) in [5.41, 5.74) is 0.943. The van der Waals surface area contributed by atoms with Crippen molar-refractivity contribution < 1.29 is 14.3 Å². The smallest absolute Gasteiger partial charge is 0.407 e. The monoisotopic (exact) mass is 366 g/mol. The third kappa shape index (κ3) is 5.63. The Morgan fingerprint density at radius 3 is 2.56 bits per heavy atom.